The third-order valence-corrected chi connectivity index (χ3v) is 2.50. The zero-order chi connectivity index (χ0) is 13.6. The quantitative estimate of drug-likeness (QED) is 0.435. The Morgan fingerprint density at radius 3 is 2.24 bits per heavy atom. The van der Waals surface area contributed by atoms with Gasteiger partial charge < -0.3 is 10.5 Å². The second-order valence-electron chi connectivity index (χ2n) is 5.21. The van der Waals surface area contributed by atoms with E-state index < -0.39 is 22.6 Å². The van der Waals surface area contributed by atoms with E-state index in [-0.39, 0.29) is 6.04 Å². The van der Waals surface area contributed by atoms with Gasteiger partial charge in [0.1, 0.15) is 11.5 Å². The number of carbonyl (C=O) groups is 2. The van der Waals surface area contributed by atoms with Crippen LogP contribution in [0.4, 0.5) is 0 Å². The van der Waals surface area contributed by atoms with E-state index in [4.69, 9.17) is 10.5 Å². The van der Waals surface area contributed by atoms with Gasteiger partial charge in [-0.25, -0.2) is 0 Å². The standard InChI is InChI=1S/C12H23NO3S/c1-5-6-8(13)7-9(11(15)17)10(14)16-12(2,3)4/h8-9H,5-7,13H2,1-4H3,(H,15,17)/t8?,9-/m1/s1. The molecule has 0 bridgehead atoms. The van der Waals surface area contributed by atoms with Crippen LogP contribution in [-0.2, 0) is 14.3 Å². The van der Waals surface area contributed by atoms with Crippen LogP contribution in [0.5, 0.6) is 0 Å². The molecule has 0 saturated heterocycles. The SMILES string of the molecule is CCCC(N)C[C@@H](C(=O)S)C(=O)OC(C)(C)C. The Hall–Kier alpha value is -0.550. The maximum absolute atomic E-state index is 11.8. The Balaban J connectivity index is 4.53. The molecule has 100 valence electrons. The van der Waals surface area contributed by atoms with Crippen LogP contribution in [0.25, 0.3) is 0 Å². The summed E-state index contributed by atoms with van der Waals surface area (Å²) in [5.41, 5.74) is 5.23. The van der Waals surface area contributed by atoms with Crippen molar-refractivity contribution >= 4 is 23.7 Å². The highest BCUT2D eigenvalue weighted by atomic mass is 32.1. The Morgan fingerprint density at radius 1 is 1.35 bits per heavy atom. The van der Waals surface area contributed by atoms with Gasteiger partial charge >= 0.3 is 5.97 Å². The zero-order valence-electron chi connectivity index (χ0n) is 11.0. The van der Waals surface area contributed by atoms with E-state index in [1.807, 2.05) is 6.92 Å². The third kappa shape index (κ3) is 7.39. The lowest BCUT2D eigenvalue weighted by Crippen LogP contribution is -2.35. The Morgan fingerprint density at radius 2 is 1.88 bits per heavy atom. The molecule has 0 aliphatic carbocycles. The van der Waals surface area contributed by atoms with Crippen molar-refractivity contribution in [2.75, 3.05) is 0 Å². The van der Waals surface area contributed by atoms with Crippen LogP contribution >= 0.6 is 12.6 Å². The van der Waals surface area contributed by atoms with Gasteiger partial charge in [-0.1, -0.05) is 13.3 Å². The van der Waals surface area contributed by atoms with Gasteiger partial charge in [-0.05, 0) is 33.6 Å². The van der Waals surface area contributed by atoms with Gasteiger partial charge in [0.05, 0.1) is 0 Å². The van der Waals surface area contributed by atoms with Crippen molar-refractivity contribution in [3.8, 4) is 0 Å². The molecule has 0 fully saturated rings. The number of nitrogens with two attached hydrogens (primary N) is 1. The maximum atomic E-state index is 11.8. The van der Waals surface area contributed by atoms with Gasteiger partial charge in [0.2, 0.25) is 0 Å². The highest BCUT2D eigenvalue weighted by Crippen LogP contribution is 2.18. The largest absolute Gasteiger partial charge is 0.459 e. The second-order valence-corrected chi connectivity index (χ2v) is 5.65. The second kappa shape index (κ2) is 7.01. The van der Waals surface area contributed by atoms with E-state index in [1.54, 1.807) is 20.8 Å². The molecule has 0 aromatic rings. The fourth-order valence-corrected chi connectivity index (χ4v) is 1.67. The van der Waals surface area contributed by atoms with Crippen LogP contribution in [0, 0.1) is 5.92 Å². The zero-order valence-corrected chi connectivity index (χ0v) is 11.9. The first-order chi connectivity index (χ1) is 7.67. The molecule has 0 amide bonds. The van der Waals surface area contributed by atoms with E-state index >= 15 is 0 Å². The predicted octanol–water partition coefficient (Wildman–Crippen LogP) is 1.92. The Labute approximate surface area is 109 Å². The molecule has 1 unspecified atom stereocenters. The van der Waals surface area contributed by atoms with E-state index in [0.29, 0.717) is 6.42 Å². The lowest BCUT2D eigenvalue weighted by atomic mass is 9.98. The average Bonchev–Trinajstić information content (AvgIpc) is 2.11. The fraction of sp³-hybridized carbons (Fsp3) is 0.833. The van der Waals surface area contributed by atoms with Crippen molar-refractivity contribution in [1.29, 1.82) is 0 Å². The summed E-state index contributed by atoms with van der Waals surface area (Å²) >= 11 is 3.73. The summed E-state index contributed by atoms with van der Waals surface area (Å²) in [5.74, 6) is -1.40. The smallest absolute Gasteiger partial charge is 0.317 e. The van der Waals surface area contributed by atoms with E-state index in [1.165, 1.54) is 0 Å². The van der Waals surface area contributed by atoms with Gasteiger partial charge in [0.15, 0.2) is 5.12 Å². The number of rotatable bonds is 6. The third-order valence-electron chi connectivity index (χ3n) is 2.19. The average molecular weight is 261 g/mol. The predicted molar refractivity (Wildman–Crippen MR) is 70.8 cm³/mol. The maximum Gasteiger partial charge on any atom is 0.317 e. The lowest BCUT2D eigenvalue weighted by Gasteiger charge is -2.23. The molecule has 0 rings (SSSR count). The molecule has 0 aliphatic rings. The molecule has 0 heterocycles. The van der Waals surface area contributed by atoms with Crippen molar-refractivity contribution in [2.45, 2.75) is 58.6 Å². The van der Waals surface area contributed by atoms with Crippen LogP contribution in [0.1, 0.15) is 47.0 Å². The van der Waals surface area contributed by atoms with E-state index in [9.17, 15) is 9.59 Å². The fourth-order valence-electron chi connectivity index (χ4n) is 1.46. The van der Waals surface area contributed by atoms with Crippen molar-refractivity contribution in [2.24, 2.45) is 11.7 Å². The van der Waals surface area contributed by atoms with Crippen LogP contribution in [0.2, 0.25) is 0 Å². The molecule has 0 aromatic heterocycles. The number of esters is 1. The summed E-state index contributed by atoms with van der Waals surface area (Å²) in [4.78, 5) is 23.1. The van der Waals surface area contributed by atoms with Gasteiger partial charge in [0, 0.05) is 6.04 Å². The minimum Gasteiger partial charge on any atom is -0.459 e. The number of hydrogen-bond acceptors (Lipinski definition) is 4. The summed E-state index contributed by atoms with van der Waals surface area (Å²) < 4.78 is 5.18. The Bertz CT molecular complexity index is 273. The summed E-state index contributed by atoms with van der Waals surface area (Å²) in [6.07, 6.45) is 1.99. The molecule has 17 heavy (non-hydrogen) atoms. The van der Waals surface area contributed by atoms with Gasteiger partial charge in [-0.3, -0.25) is 9.59 Å². The first kappa shape index (κ1) is 16.4. The first-order valence-corrected chi connectivity index (χ1v) is 6.33. The number of thiol groups is 1. The molecule has 2 atom stereocenters. The van der Waals surface area contributed by atoms with Crippen LogP contribution in [-0.4, -0.2) is 22.7 Å². The van der Waals surface area contributed by atoms with Crippen molar-refractivity contribution < 1.29 is 14.3 Å². The first-order valence-electron chi connectivity index (χ1n) is 5.88. The van der Waals surface area contributed by atoms with Crippen molar-refractivity contribution in [3.05, 3.63) is 0 Å². The summed E-state index contributed by atoms with van der Waals surface area (Å²) in [6, 6.07) is -0.173. The van der Waals surface area contributed by atoms with Gasteiger partial charge in [0.25, 0.3) is 0 Å². The Kier molecular flexibility index (Phi) is 6.78. The van der Waals surface area contributed by atoms with Crippen LogP contribution in [0.15, 0.2) is 0 Å². The van der Waals surface area contributed by atoms with Crippen LogP contribution < -0.4 is 5.73 Å². The van der Waals surface area contributed by atoms with E-state index in [2.05, 4.69) is 12.6 Å². The summed E-state index contributed by atoms with van der Waals surface area (Å²) in [6.45, 7) is 7.29. The van der Waals surface area contributed by atoms with Gasteiger partial charge in [-0.15, -0.1) is 12.6 Å². The molecule has 2 N–H and O–H groups in total. The highest BCUT2D eigenvalue weighted by molar-refractivity contribution is 7.96. The number of carbonyl (C=O) groups excluding carboxylic acids is 2. The minimum absolute atomic E-state index is 0.173. The van der Waals surface area contributed by atoms with E-state index in [0.717, 1.165) is 12.8 Å². The lowest BCUT2D eigenvalue weighted by molar-refractivity contribution is -0.161. The van der Waals surface area contributed by atoms with Crippen LogP contribution in [0.3, 0.4) is 0 Å². The number of hydrogen-bond donors (Lipinski definition) is 2. The molecular weight excluding hydrogens is 238 g/mol. The summed E-state index contributed by atoms with van der Waals surface area (Å²) in [7, 11) is 0. The summed E-state index contributed by atoms with van der Waals surface area (Å²) in [5, 5.41) is -0.481. The molecule has 0 spiro atoms. The van der Waals surface area contributed by atoms with Crippen molar-refractivity contribution in [3.63, 3.8) is 0 Å². The molecule has 0 aliphatic heterocycles. The monoisotopic (exact) mass is 261 g/mol. The molecule has 4 nitrogen and oxygen atoms in total. The highest BCUT2D eigenvalue weighted by Gasteiger charge is 2.30. The molecule has 0 saturated carbocycles. The van der Waals surface area contributed by atoms with Gasteiger partial charge in [-0.2, -0.15) is 0 Å². The molecule has 0 aromatic carbocycles. The van der Waals surface area contributed by atoms with Crippen molar-refractivity contribution in [1.82, 2.24) is 0 Å². The normalized spacial score (nSPS) is 15.2. The molecule has 5 heteroatoms. The molecular formula is C12H23NO3S. The number of ether oxygens (including phenoxy) is 1. The minimum atomic E-state index is -0.862. The molecule has 0 radical (unpaired) electrons. The topological polar surface area (TPSA) is 69.4 Å².